The van der Waals surface area contributed by atoms with Crippen LogP contribution in [-0.2, 0) is 0 Å². The van der Waals surface area contributed by atoms with Crippen LogP contribution in [0.5, 0.6) is 0 Å². The second-order valence-corrected chi connectivity index (χ2v) is 12.2. The Bertz CT molecular complexity index is 2540. The molecule has 0 saturated carbocycles. The predicted octanol–water partition coefficient (Wildman–Crippen LogP) is 13.1. The highest BCUT2D eigenvalue weighted by Crippen LogP contribution is 2.40. The molecule has 220 valence electrons. The molecule has 9 aromatic rings. The zero-order chi connectivity index (χ0) is 31.2. The summed E-state index contributed by atoms with van der Waals surface area (Å²) in [4.78, 5) is 2.38. The van der Waals surface area contributed by atoms with E-state index in [4.69, 9.17) is 0 Å². The van der Waals surface area contributed by atoms with E-state index < -0.39 is 0 Å². The Kier molecular flexibility index (Phi) is 6.54. The van der Waals surface area contributed by atoms with Crippen LogP contribution in [0, 0.1) is 0 Å². The van der Waals surface area contributed by atoms with Gasteiger partial charge in [-0.05, 0) is 108 Å². The van der Waals surface area contributed by atoms with Crippen LogP contribution in [0.4, 0.5) is 17.1 Å². The molecular weight excluding hydrogens is 567 g/mol. The first kappa shape index (κ1) is 27.2. The summed E-state index contributed by atoms with van der Waals surface area (Å²) >= 11 is 0. The first-order chi connectivity index (χ1) is 23.3. The maximum Gasteiger partial charge on any atom is 0.0468 e. The molecule has 9 aromatic carbocycles. The zero-order valence-electron chi connectivity index (χ0n) is 25.8. The summed E-state index contributed by atoms with van der Waals surface area (Å²) in [6.45, 7) is 0. The van der Waals surface area contributed by atoms with Gasteiger partial charge in [0.2, 0.25) is 0 Å². The minimum atomic E-state index is 1.12. The Balaban J connectivity index is 1.20. The van der Waals surface area contributed by atoms with E-state index in [1.54, 1.807) is 0 Å². The molecule has 0 aromatic heterocycles. The molecule has 0 amide bonds. The van der Waals surface area contributed by atoms with Crippen LogP contribution in [0.3, 0.4) is 0 Å². The van der Waals surface area contributed by atoms with Crippen LogP contribution >= 0.6 is 0 Å². The highest BCUT2D eigenvalue weighted by atomic mass is 15.1. The lowest BCUT2D eigenvalue weighted by atomic mass is 9.96. The highest BCUT2D eigenvalue weighted by Gasteiger charge is 2.15. The fourth-order valence-corrected chi connectivity index (χ4v) is 7.01. The lowest BCUT2D eigenvalue weighted by Crippen LogP contribution is -2.09. The van der Waals surface area contributed by atoms with Crippen molar-refractivity contribution in [3.8, 4) is 22.3 Å². The molecule has 0 spiro atoms. The second kappa shape index (κ2) is 11.3. The molecule has 0 bridgehead atoms. The number of benzene rings is 9. The molecule has 0 N–H and O–H groups in total. The molecule has 0 aliphatic carbocycles. The van der Waals surface area contributed by atoms with E-state index >= 15 is 0 Å². The van der Waals surface area contributed by atoms with Crippen molar-refractivity contribution in [2.24, 2.45) is 0 Å². The van der Waals surface area contributed by atoms with E-state index in [1.807, 2.05) is 0 Å². The Hall–Kier alpha value is -6.18. The molecule has 0 heterocycles. The van der Waals surface area contributed by atoms with Crippen molar-refractivity contribution in [3.05, 3.63) is 188 Å². The molecule has 1 nitrogen and oxygen atoms in total. The summed E-state index contributed by atoms with van der Waals surface area (Å²) in [6, 6.07) is 68.3. The maximum atomic E-state index is 2.38. The van der Waals surface area contributed by atoms with Crippen LogP contribution < -0.4 is 4.90 Å². The highest BCUT2D eigenvalue weighted by molar-refractivity contribution is 6.20. The average molecular weight is 598 g/mol. The van der Waals surface area contributed by atoms with Crippen molar-refractivity contribution in [2.45, 2.75) is 0 Å². The number of hydrogen-bond acceptors (Lipinski definition) is 1. The molecule has 9 rings (SSSR count). The normalized spacial score (nSPS) is 11.4. The van der Waals surface area contributed by atoms with Crippen molar-refractivity contribution in [1.82, 2.24) is 0 Å². The third-order valence-corrected chi connectivity index (χ3v) is 9.41. The van der Waals surface area contributed by atoms with Gasteiger partial charge < -0.3 is 4.90 Å². The van der Waals surface area contributed by atoms with Gasteiger partial charge in [-0.2, -0.15) is 0 Å². The fourth-order valence-electron chi connectivity index (χ4n) is 7.01. The van der Waals surface area contributed by atoms with Crippen molar-refractivity contribution in [2.75, 3.05) is 4.90 Å². The van der Waals surface area contributed by atoms with Crippen molar-refractivity contribution >= 4 is 60.2 Å². The number of hydrogen-bond donors (Lipinski definition) is 0. The van der Waals surface area contributed by atoms with E-state index in [0.717, 1.165) is 17.1 Å². The van der Waals surface area contributed by atoms with E-state index in [9.17, 15) is 0 Å². The largest absolute Gasteiger partial charge is 0.310 e. The van der Waals surface area contributed by atoms with Gasteiger partial charge in [0.15, 0.2) is 0 Å². The predicted molar refractivity (Wildman–Crippen MR) is 202 cm³/mol. The van der Waals surface area contributed by atoms with Gasteiger partial charge in [-0.15, -0.1) is 0 Å². The van der Waals surface area contributed by atoms with Crippen LogP contribution in [0.25, 0.3) is 65.3 Å². The minimum Gasteiger partial charge on any atom is -0.310 e. The SMILES string of the molecule is c1ccc(-c2ccc(N(c3ccc(-c4ccc5ccccc5c4)cc3)c3ccc4ccc5ccc6ccccc6c5c4c3)cc2)cc1. The number of nitrogens with zero attached hydrogens (tertiary/aromatic N) is 1. The maximum absolute atomic E-state index is 2.38. The summed E-state index contributed by atoms with van der Waals surface area (Å²) in [6.07, 6.45) is 0. The number of anilines is 3. The first-order valence-electron chi connectivity index (χ1n) is 16.2. The van der Waals surface area contributed by atoms with Crippen molar-refractivity contribution < 1.29 is 0 Å². The molecule has 0 unspecified atom stereocenters. The van der Waals surface area contributed by atoms with Crippen LogP contribution in [0.2, 0.25) is 0 Å². The standard InChI is InChI=1S/C46H31N/c1-2-8-32(9-3-1)34-20-25-41(26-21-34)47(42-27-22-35(23-28-42)40-19-14-33-10-4-5-12-39(33)30-40)43-29-24-37-16-18-38-17-15-36-11-6-7-13-44(36)46(38)45(37)31-43/h1-31H. The van der Waals surface area contributed by atoms with Gasteiger partial charge in [-0.3, -0.25) is 0 Å². The summed E-state index contributed by atoms with van der Waals surface area (Å²) in [5, 5.41) is 10.1. The van der Waals surface area contributed by atoms with Gasteiger partial charge in [0, 0.05) is 17.1 Å². The number of fused-ring (bicyclic) bond motifs is 6. The zero-order valence-corrected chi connectivity index (χ0v) is 25.8. The first-order valence-corrected chi connectivity index (χ1v) is 16.2. The molecule has 0 atom stereocenters. The van der Waals surface area contributed by atoms with Gasteiger partial charge in [0.25, 0.3) is 0 Å². The Morgan fingerprint density at radius 2 is 0.723 bits per heavy atom. The van der Waals surface area contributed by atoms with Gasteiger partial charge in [-0.25, -0.2) is 0 Å². The third kappa shape index (κ3) is 4.90. The molecule has 0 aliphatic rings. The monoisotopic (exact) mass is 597 g/mol. The van der Waals surface area contributed by atoms with E-state index in [-0.39, 0.29) is 0 Å². The molecule has 47 heavy (non-hydrogen) atoms. The summed E-state index contributed by atoms with van der Waals surface area (Å²) in [5.74, 6) is 0. The molecule has 0 fully saturated rings. The van der Waals surface area contributed by atoms with E-state index in [2.05, 4.69) is 193 Å². The van der Waals surface area contributed by atoms with Crippen LogP contribution in [0.15, 0.2) is 188 Å². The third-order valence-electron chi connectivity index (χ3n) is 9.41. The van der Waals surface area contributed by atoms with Crippen LogP contribution in [0.1, 0.15) is 0 Å². The topological polar surface area (TPSA) is 3.24 Å². The number of rotatable bonds is 5. The van der Waals surface area contributed by atoms with E-state index in [0.29, 0.717) is 0 Å². The lowest BCUT2D eigenvalue weighted by Gasteiger charge is -2.26. The van der Waals surface area contributed by atoms with Crippen LogP contribution in [-0.4, -0.2) is 0 Å². The summed E-state index contributed by atoms with van der Waals surface area (Å²) in [7, 11) is 0. The van der Waals surface area contributed by atoms with Gasteiger partial charge in [0.1, 0.15) is 0 Å². The van der Waals surface area contributed by atoms with Crippen molar-refractivity contribution in [1.29, 1.82) is 0 Å². The van der Waals surface area contributed by atoms with Gasteiger partial charge in [-0.1, -0.05) is 146 Å². The average Bonchev–Trinajstić information content (AvgIpc) is 3.15. The Morgan fingerprint density at radius 1 is 0.255 bits per heavy atom. The Morgan fingerprint density at radius 3 is 1.45 bits per heavy atom. The summed E-state index contributed by atoms with van der Waals surface area (Å²) in [5.41, 5.74) is 8.21. The second-order valence-electron chi connectivity index (χ2n) is 12.2. The quantitative estimate of drug-likeness (QED) is 0.178. The fraction of sp³-hybridized carbons (Fsp3) is 0. The van der Waals surface area contributed by atoms with Gasteiger partial charge in [0.05, 0.1) is 0 Å². The minimum absolute atomic E-state index is 1.12. The molecular formula is C46H31N. The lowest BCUT2D eigenvalue weighted by molar-refractivity contribution is 1.29. The van der Waals surface area contributed by atoms with E-state index in [1.165, 1.54) is 65.3 Å². The Labute approximate surface area is 274 Å². The smallest absolute Gasteiger partial charge is 0.0468 e. The molecule has 0 saturated heterocycles. The summed E-state index contributed by atoms with van der Waals surface area (Å²) < 4.78 is 0. The van der Waals surface area contributed by atoms with Gasteiger partial charge >= 0.3 is 0 Å². The molecule has 1 heteroatoms. The molecule has 0 radical (unpaired) electrons. The molecule has 0 aliphatic heterocycles. The van der Waals surface area contributed by atoms with Crippen molar-refractivity contribution in [3.63, 3.8) is 0 Å².